The molecule has 3 rings (SSSR count). The van der Waals surface area contributed by atoms with Crippen LogP contribution in [0.3, 0.4) is 0 Å². The third-order valence-corrected chi connectivity index (χ3v) is 6.15. The Kier molecular flexibility index (Phi) is 4.77. The summed E-state index contributed by atoms with van der Waals surface area (Å²) in [5.74, 6) is 0. The number of aromatic nitrogens is 1. The lowest BCUT2D eigenvalue weighted by molar-refractivity contribution is 0.465. The predicted molar refractivity (Wildman–Crippen MR) is 94.0 cm³/mol. The highest BCUT2D eigenvalue weighted by Crippen LogP contribution is 2.38. The molecule has 1 aromatic heterocycles. The van der Waals surface area contributed by atoms with Crippen molar-refractivity contribution >= 4 is 27.3 Å². The summed E-state index contributed by atoms with van der Waals surface area (Å²) in [6, 6.07) is 7.02. The van der Waals surface area contributed by atoms with Gasteiger partial charge in [-0.15, -0.1) is 11.3 Å². The minimum atomic E-state index is 0.511. The van der Waals surface area contributed by atoms with Gasteiger partial charge in [-0.2, -0.15) is 0 Å². The molecule has 1 aliphatic rings. The highest BCUT2D eigenvalue weighted by molar-refractivity contribution is 9.10. The maximum absolute atomic E-state index is 4.91. The van der Waals surface area contributed by atoms with Gasteiger partial charge in [0.25, 0.3) is 0 Å². The molecular formula is C17H21BrN2S. The number of benzene rings is 1. The van der Waals surface area contributed by atoms with Crippen molar-refractivity contribution in [1.82, 2.24) is 10.3 Å². The number of rotatable bonds is 4. The van der Waals surface area contributed by atoms with Crippen LogP contribution in [0.25, 0.3) is 10.6 Å². The first kappa shape index (κ1) is 15.2. The molecule has 0 bridgehead atoms. The van der Waals surface area contributed by atoms with Gasteiger partial charge >= 0.3 is 0 Å². The number of aryl methyl sites for hydroxylation is 2. The van der Waals surface area contributed by atoms with Crippen LogP contribution >= 0.6 is 27.3 Å². The molecule has 0 aliphatic heterocycles. The highest BCUT2D eigenvalue weighted by atomic mass is 79.9. The van der Waals surface area contributed by atoms with Crippen LogP contribution in [-0.4, -0.2) is 11.5 Å². The van der Waals surface area contributed by atoms with E-state index in [9.17, 15) is 0 Å². The van der Waals surface area contributed by atoms with Gasteiger partial charge in [-0.05, 0) is 56.8 Å². The van der Waals surface area contributed by atoms with Crippen molar-refractivity contribution in [1.29, 1.82) is 0 Å². The summed E-state index contributed by atoms with van der Waals surface area (Å²) in [6.45, 7) is 5.45. The standard InChI is InChI=1S/C17H21BrN2S/c1-3-9-19-14-5-4-6-15-16(14)21-17(20-15)12-7-8-13(18)11(2)10-12/h7-8,10,14,19H,3-6,9H2,1-2H3. The highest BCUT2D eigenvalue weighted by Gasteiger charge is 2.24. The Morgan fingerprint density at radius 2 is 2.29 bits per heavy atom. The zero-order valence-electron chi connectivity index (χ0n) is 12.6. The molecule has 2 aromatic rings. The van der Waals surface area contributed by atoms with E-state index in [1.54, 1.807) is 0 Å². The maximum Gasteiger partial charge on any atom is 0.123 e. The van der Waals surface area contributed by atoms with E-state index in [2.05, 4.69) is 53.3 Å². The summed E-state index contributed by atoms with van der Waals surface area (Å²) < 4.78 is 1.16. The Labute approximate surface area is 139 Å². The van der Waals surface area contributed by atoms with Gasteiger partial charge in [0.05, 0.1) is 5.69 Å². The largest absolute Gasteiger partial charge is 0.309 e. The molecule has 1 atom stereocenters. The van der Waals surface area contributed by atoms with E-state index in [0.717, 1.165) is 17.4 Å². The summed E-state index contributed by atoms with van der Waals surface area (Å²) in [5, 5.41) is 4.84. The van der Waals surface area contributed by atoms with Gasteiger partial charge in [0.15, 0.2) is 0 Å². The van der Waals surface area contributed by atoms with E-state index in [0.29, 0.717) is 6.04 Å². The molecule has 4 heteroatoms. The van der Waals surface area contributed by atoms with E-state index in [1.165, 1.54) is 46.0 Å². The molecule has 1 aromatic carbocycles. The first-order valence-corrected chi connectivity index (χ1v) is 9.29. The Morgan fingerprint density at radius 1 is 1.43 bits per heavy atom. The quantitative estimate of drug-likeness (QED) is 0.800. The van der Waals surface area contributed by atoms with E-state index in [4.69, 9.17) is 4.98 Å². The molecule has 0 amide bonds. The van der Waals surface area contributed by atoms with Gasteiger partial charge in [0.1, 0.15) is 5.01 Å². The van der Waals surface area contributed by atoms with Gasteiger partial charge in [-0.25, -0.2) is 4.98 Å². The van der Waals surface area contributed by atoms with Crippen molar-refractivity contribution in [3.05, 3.63) is 38.8 Å². The van der Waals surface area contributed by atoms with Gasteiger partial charge in [0.2, 0.25) is 0 Å². The number of thiazole rings is 1. The predicted octanol–water partition coefficient (Wildman–Crippen LogP) is 5.26. The van der Waals surface area contributed by atoms with E-state index >= 15 is 0 Å². The van der Waals surface area contributed by atoms with Crippen LogP contribution in [0.1, 0.15) is 48.4 Å². The van der Waals surface area contributed by atoms with Crippen LogP contribution in [0.15, 0.2) is 22.7 Å². The van der Waals surface area contributed by atoms with E-state index < -0.39 is 0 Å². The Hall–Kier alpha value is -0.710. The fourth-order valence-electron chi connectivity index (χ4n) is 2.83. The summed E-state index contributed by atoms with van der Waals surface area (Å²) in [7, 11) is 0. The number of hydrogen-bond acceptors (Lipinski definition) is 3. The Morgan fingerprint density at radius 3 is 3.05 bits per heavy atom. The van der Waals surface area contributed by atoms with Crippen molar-refractivity contribution in [3.63, 3.8) is 0 Å². The zero-order valence-corrected chi connectivity index (χ0v) is 15.0. The van der Waals surface area contributed by atoms with Crippen molar-refractivity contribution in [2.24, 2.45) is 0 Å². The van der Waals surface area contributed by atoms with Crippen molar-refractivity contribution in [3.8, 4) is 10.6 Å². The Bertz CT molecular complexity index is 636. The molecule has 1 heterocycles. The zero-order chi connectivity index (χ0) is 14.8. The number of fused-ring (bicyclic) bond motifs is 1. The molecule has 21 heavy (non-hydrogen) atoms. The molecule has 0 saturated heterocycles. The van der Waals surface area contributed by atoms with Crippen molar-refractivity contribution in [2.45, 2.75) is 45.6 Å². The normalized spacial score (nSPS) is 17.8. The summed E-state index contributed by atoms with van der Waals surface area (Å²) in [4.78, 5) is 6.38. The fourth-order valence-corrected chi connectivity index (χ4v) is 4.30. The molecule has 0 saturated carbocycles. The number of nitrogens with one attached hydrogen (secondary N) is 1. The molecule has 0 fully saturated rings. The fraction of sp³-hybridized carbons (Fsp3) is 0.471. The lowest BCUT2D eigenvalue weighted by atomic mass is 9.98. The second kappa shape index (κ2) is 6.59. The van der Waals surface area contributed by atoms with Gasteiger partial charge in [-0.3, -0.25) is 0 Å². The molecular weight excluding hydrogens is 344 g/mol. The van der Waals surface area contributed by atoms with E-state index in [1.807, 2.05) is 11.3 Å². The maximum atomic E-state index is 4.91. The first-order chi connectivity index (χ1) is 10.2. The third-order valence-electron chi connectivity index (χ3n) is 4.00. The average Bonchev–Trinajstić information content (AvgIpc) is 2.92. The average molecular weight is 365 g/mol. The number of hydrogen-bond donors (Lipinski definition) is 1. The van der Waals surface area contributed by atoms with Crippen LogP contribution in [0, 0.1) is 6.92 Å². The second-order valence-corrected chi connectivity index (χ2v) is 7.58. The van der Waals surface area contributed by atoms with E-state index in [-0.39, 0.29) is 0 Å². The minimum absolute atomic E-state index is 0.511. The molecule has 112 valence electrons. The number of nitrogens with zero attached hydrogens (tertiary/aromatic N) is 1. The second-order valence-electron chi connectivity index (χ2n) is 5.69. The number of halogens is 1. The minimum Gasteiger partial charge on any atom is -0.309 e. The topological polar surface area (TPSA) is 24.9 Å². The lowest BCUT2D eigenvalue weighted by Crippen LogP contribution is -2.24. The Balaban J connectivity index is 1.91. The van der Waals surface area contributed by atoms with Crippen LogP contribution in [-0.2, 0) is 6.42 Å². The monoisotopic (exact) mass is 364 g/mol. The summed E-state index contributed by atoms with van der Waals surface area (Å²) >= 11 is 5.44. The SMILES string of the molecule is CCCNC1CCCc2nc(-c3ccc(Br)c(C)c3)sc21. The van der Waals surface area contributed by atoms with Gasteiger partial charge < -0.3 is 5.32 Å². The van der Waals surface area contributed by atoms with Gasteiger partial charge in [-0.1, -0.05) is 28.9 Å². The van der Waals surface area contributed by atoms with Crippen LogP contribution < -0.4 is 5.32 Å². The summed E-state index contributed by atoms with van der Waals surface area (Å²) in [5.41, 5.74) is 3.82. The molecule has 0 spiro atoms. The van der Waals surface area contributed by atoms with Crippen molar-refractivity contribution in [2.75, 3.05) is 6.54 Å². The lowest BCUT2D eigenvalue weighted by Gasteiger charge is -2.22. The van der Waals surface area contributed by atoms with Crippen LogP contribution in [0.5, 0.6) is 0 Å². The van der Waals surface area contributed by atoms with Crippen LogP contribution in [0.2, 0.25) is 0 Å². The molecule has 2 nitrogen and oxygen atoms in total. The summed E-state index contributed by atoms with van der Waals surface area (Å²) in [6.07, 6.45) is 4.81. The van der Waals surface area contributed by atoms with Gasteiger partial charge in [0, 0.05) is 21.0 Å². The molecule has 1 aliphatic carbocycles. The molecule has 1 N–H and O–H groups in total. The van der Waals surface area contributed by atoms with Crippen LogP contribution in [0.4, 0.5) is 0 Å². The third kappa shape index (κ3) is 3.22. The first-order valence-electron chi connectivity index (χ1n) is 7.68. The smallest absolute Gasteiger partial charge is 0.123 e. The molecule has 0 radical (unpaired) electrons. The van der Waals surface area contributed by atoms with Crippen molar-refractivity contribution < 1.29 is 0 Å². The molecule has 1 unspecified atom stereocenters.